The highest BCUT2D eigenvalue weighted by Gasteiger charge is 2.15. The van der Waals surface area contributed by atoms with E-state index in [0.717, 1.165) is 34.2 Å². The molecule has 4 aromatic carbocycles. The Balaban J connectivity index is 0.000000252. The largest absolute Gasteiger partial charge is 0.0721 e. The Morgan fingerprint density at radius 3 is 1.45 bits per heavy atom. The monoisotopic (exact) mass is 647 g/mol. The molecule has 0 aliphatic carbocycles. The maximum atomic E-state index is 3.80. The molecule has 4 aromatic rings. The molecule has 0 heterocycles. The van der Waals surface area contributed by atoms with Gasteiger partial charge in [-0.2, -0.15) is 0 Å². The van der Waals surface area contributed by atoms with Crippen molar-refractivity contribution >= 4 is 79.1 Å². The minimum absolute atomic E-state index is 1.06. The molecular formula is C24H15Br4Si. The van der Waals surface area contributed by atoms with Crippen LogP contribution in [-0.4, -0.2) is 10.2 Å². The lowest BCUT2D eigenvalue weighted by Crippen LogP contribution is -2.09. The normalized spacial score (nSPS) is 10.2. The lowest BCUT2D eigenvalue weighted by atomic mass is 9.99. The summed E-state index contributed by atoms with van der Waals surface area (Å²) in [4.78, 5) is 0. The van der Waals surface area contributed by atoms with E-state index in [0.29, 0.717) is 0 Å². The molecule has 0 fully saturated rings. The predicted octanol–water partition coefficient (Wildman–Crippen LogP) is 8.55. The first-order chi connectivity index (χ1) is 14.0. The molecule has 5 heteroatoms. The van der Waals surface area contributed by atoms with Crippen LogP contribution in [-0.2, 0) is 0 Å². The summed E-state index contributed by atoms with van der Waals surface area (Å²) >= 11 is 14.1. The van der Waals surface area contributed by atoms with Gasteiger partial charge >= 0.3 is 0 Å². The summed E-state index contributed by atoms with van der Waals surface area (Å²) in [5.41, 5.74) is 4.69. The smallest absolute Gasteiger partial charge is 0.0622 e. The summed E-state index contributed by atoms with van der Waals surface area (Å²) in [5.74, 6) is 0. The lowest BCUT2D eigenvalue weighted by Gasteiger charge is -2.16. The van der Waals surface area contributed by atoms with E-state index in [1.165, 1.54) is 11.1 Å². The summed E-state index contributed by atoms with van der Waals surface area (Å²) in [6, 6.07) is 30.8. The van der Waals surface area contributed by atoms with Crippen LogP contribution in [0.4, 0.5) is 0 Å². The molecule has 0 nitrogen and oxygen atoms in total. The van der Waals surface area contributed by atoms with Gasteiger partial charge in [0.15, 0.2) is 0 Å². The van der Waals surface area contributed by atoms with Gasteiger partial charge in [0.1, 0.15) is 0 Å². The first-order valence-corrected chi connectivity index (χ1v) is 12.4. The Morgan fingerprint density at radius 2 is 1.00 bits per heavy atom. The molecule has 0 bridgehead atoms. The third kappa shape index (κ3) is 6.02. The van der Waals surface area contributed by atoms with Crippen molar-refractivity contribution in [3.05, 3.63) is 109 Å². The molecule has 143 valence electrons. The van der Waals surface area contributed by atoms with Crippen molar-refractivity contribution in [2.75, 3.05) is 0 Å². The first kappa shape index (κ1) is 22.7. The molecule has 0 atom stereocenters. The van der Waals surface area contributed by atoms with Crippen LogP contribution in [0.1, 0.15) is 0 Å². The van der Waals surface area contributed by atoms with Gasteiger partial charge in [0.25, 0.3) is 0 Å². The van der Waals surface area contributed by atoms with Crippen molar-refractivity contribution in [3.8, 4) is 22.3 Å². The zero-order chi connectivity index (χ0) is 20.8. The molecule has 0 unspecified atom stereocenters. The van der Waals surface area contributed by atoms with Gasteiger partial charge in [-0.05, 0) is 56.9 Å². The molecular weight excluding hydrogens is 636 g/mol. The molecule has 3 radical (unpaired) electrons. The van der Waals surface area contributed by atoms with E-state index in [1.54, 1.807) is 0 Å². The Hall–Kier alpha value is -0.983. The number of benzene rings is 4. The molecule has 0 spiro atoms. The zero-order valence-electron chi connectivity index (χ0n) is 15.2. The lowest BCUT2D eigenvalue weighted by molar-refractivity contribution is 1.55. The molecule has 0 saturated carbocycles. The second kappa shape index (κ2) is 10.9. The Bertz CT molecular complexity index is 1020. The Kier molecular flexibility index (Phi) is 8.51. The van der Waals surface area contributed by atoms with Crippen LogP contribution in [0, 0.1) is 0 Å². The second-order valence-corrected chi connectivity index (χ2v) is 10.2. The number of hydrogen-bond acceptors (Lipinski definition) is 0. The third-order valence-electron chi connectivity index (χ3n) is 4.13. The van der Waals surface area contributed by atoms with Crippen LogP contribution in [0.3, 0.4) is 0 Å². The van der Waals surface area contributed by atoms with Gasteiger partial charge in [-0.15, -0.1) is 0 Å². The summed E-state index contributed by atoms with van der Waals surface area (Å²) < 4.78 is 4.35. The van der Waals surface area contributed by atoms with Crippen LogP contribution in [0.2, 0.25) is 0 Å². The predicted molar refractivity (Wildman–Crippen MR) is 140 cm³/mol. The van der Waals surface area contributed by atoms with Gasteiger partial charge in [0.2, 0.25) is 0 Å². The first-order valence-electron chi connectivity index (χ1n) is 8.73. The van der Waals surface area contributed by atoms with Gasteiger partial charge in [0.05, 0.1) is 10.2 Å². The number of halogens is 4. The van der Waals surface area contributed by atoms with Gasteiger partial charge in [-0.3, -0.25) is 0 Å². The Morgan fingerprint density at radius 1 is 0.517 bits per heavy atom. The quantitative estimate of drug-likeness (QED) is 0.191. The minimum Gasteiger partial charge on any atom is -0.0622 e. The molecule has 0 N–H and O–H groups in total. The summed E-state index contributed by atoms with van der Waals surface area (Å²) in [6.45, 7) is 0. The van der Waals surface area contributed by atoms with Crippen molar-refractivity contribution in [1.82, 2.24) is 0 Å². The molecule has 0 amide bonds. The third-order valence-corrected chi connectivity index (χ3v) is 6.93. The average Bonchev–Trinajstić information content (AvgIpc) is 2.69. The van der Waals surface area contributed by atoms with Crippen molar-refractivity contribution in [2.45, 2.75) is 0 Å². The van der Waals surface area contributed by atoms with Crippen molar-refractivity contribution in [2.24, 2.45) is 0 Å². The molecule has 4 rings (SSSR count). The van der Waals surface area contributed by atoms with Crippen LogP contribution >= 0.6 is 63.7 Å². The molecule has 0 aliphatic heterocycles. The van der Waals surface area contributed by atoms with E-state index in [-0.39, 0.29) is 0 Å². The zero-order valence-corrected chi connectivity index (χ0v) is 22.5. The maximum Gasteiger partial charge on any atom is 0.0721 e. The van der Waals surface area contributed by atoms with E-state index in [1.807, 2.05) is 36.4 Å². The highest BCUT2D eigenvalue weighted by molar-refractivity contribution is 9.11. The van der Waals surface area contributed by atoms with Gasteiger partial charge in [0, 0.05) is 23.5 Å². The van der Waals surface area contributed by atoms with Crippen molar-refractivity contribution < 1.29 is 0 Å². The van der Waals surface area contributed by atoms with Gasteiger partial charge < -0.3 is 0 Å². The highest BCUT2D eigenvalue weighted by Crippen LogP contribution is 2.40. The molecule has 0 aromatic heterocycles. The molecule has 0 aliphatic rings. The van der Waals surface area contributed by atoms with Crippen LogP contribution in [0.5, 0.6) is 0 Å². The standard InChI is InChI=1S/C18H11Br2Si.C6H4Br2/c19-14-11-15(21)17(13-9-5-2-6-10-13)18(20)16(14)12-7-3-1-4-8-12;7-5-2-1-3-6(8)4-5/h1-11H;1-4H. The fourth-order valence-corrected chi connectivity index (χ4v) is 6.56. The molecule has 0 saturated heterocycles. The summed E-state index contributed by atoms with van der Waals surface area (Å²) in [7, 11) is 3.74. The number of rotatable bonds is 2. The van der Waals surface area contributed by atoms with Crippen LogP contribution < -0.4 is 5.19 Å². The topological polar surface area (TPSA) is 0 Å². The van der Waals surface area contributed by atoms with E-state index >= 15 is 0 Å². The van der Waals surface area contributed by atoms with Crippen LogP contribution in [0.25, 0.3) is 22.3 Å². The van der Waals surface area contributed by atoms with E-state index < -0.39 is 0 Å². The second-order valence-electron chi connectivity index (χ2n) is 6.14. The van der Waals surface area contributed by atoms with Crippen LogP contribution in [0.15, 0.2) is 109 Å². The summed E-state index contributed by atoms with van der Waals surface area (Å²) in [6.07, 6.45) is 0. The average molecular weight is 651 g/mol. The van der Waals surface area contributed by atoms with E-state index in [2.05, 4.69) is 129 Å². The minimum atomic E-state index is 1.06. The van der Waals surface area contributed by atoms with Crippen molar-refractivity contribution in [1.29, 1.82) is 0 Å². The van der Waals surface area contributed by atoms with Gasteiger partial charge in [-0.25, -0.2) is 0 Å². The van der Waals surface area contributed by atoms with E-state index in [9.17, 15) is 0 Å². The molecule has 29 heavy (non-hydrogen) atoms. The summed E-state index contributed by atoms with van der Waals surface area (Å²) in [5, 5.41) is 1.06. The Labute approximate surface area is 208 Å². The van der Waals surface area contributed by atoms with Crippen molar-refractivity contribution in [3.63, 3.8) is 0 Å². The fourth-order valence-electron chi connectivity index (χ4n) is 2.84. The van der Waals surface area contributed by atoms with E-state index in [4.69, 9.17) is 0 Å². The number of hydrogen-bond donors (Lipinski definition) is 0. The van der Waals surface area contributed by atoms with Gasteiger partial charge in [-0.1, -0.05) is 120 Å². The maximum absolute atomic E-state index is 3.80. The SMILES string of the molecule is Brc1cccc(Br)c1.[Si]c1cc(Br)c(-c2ccccc2)c(Br)c1-c1ccccc1. The fraction of sp³-hybridized carbons (Fsp3) is 0. The highest BCUT2D eigenvalue weighted by atomic mass is 79.9.